The van der Waals surface area contributed by atoms with E-state index in [-0.39, 0.29) is 5.96 Å². The quantitative estimate of drug-likeness (QED) is 0.406. The lowest BCUT2D eigenvalue weighted by Crippen LogP contribution is -2.25. The van der Waals surface area contributed by atoms with E-state index in [9.17, 15) is 9.59 Å². The molecule has 0 aromatic carbocycles. The fourth-order valence-corrected chi connectivity index (χ4v) is 0.965. The fourth-order valence-electron chi connectivity index (χ4n) is 0.965. The van der Waals surface area contributed by atoms with Crippen molar-refractivity contribution in [2.75, 3.05) is 0 Å². The molecule has 0 radical (unpaired) electrons. The van der Waals surface area contributed by atoms with Gasteiger partial charge in [0.05, 0.1) is 0 Å². The maximum absolute atomic E-state index is 10.7. The number of amides is 2. The van der Waals surface area contributed by atoms with Gasteiger partial charge < -0.3 is 0 Å². The second-order valence-corrected chi connectivity index (χ2v) is 2.88. The van der Waals surface area contributed by atoms with Crippen molar-refractivity contribution in [3.63, 3.8) is 0 Å². The molecule has 6 nitrogen and oxygen atoms in total. The fraction of sp³-hybridized carbons (Fsp3) is 0.429. The molecule has 0 aromatic heterocycles. The Balaban J connectivity index is 2.02. The van der Waals surface area contributed by atoms with Gasteiger partial charge in [0.15, 0.2) is 0 Å². The van der Waals surface area contributed by atoms with Gasteiger partial charge in [-0.1, -0.05) is 0 Å². The molecule has 1 aliphatic carbocycles. The standard InChI is InChI=1S/C7H8N4O2/c12-5-6(13)9-7(8-5)11-10-4-2-1-3-4/h1-3H2,(H2,8,9,11,12,13). The van der Waals surface area contributed by atoms with Crippen molar-refractivity contribution in [2.24, 2.45) is 10.2 Å². The molecule has 2 fully saturated rings. The van der Waals surface area contributed by atoms with Crippen LogP contribution in [0.25, 0.3) is 0 Å². The van der Waals surface area contributed by atoms with Gasteiger partial charge in [0.2, 0.25) is 5.96 Å². The molecule has 1 saturated heterocycles. The van der Waals surface area contributed by atoms with Crippen molar-refractivity contribution >= 4 is 23.5 Å². The van der Waals surface area contributed by atoms with Crippen molar-refractivity contribution in [1.29, 1.82) is 0 Å². The third-order valence-electron chi connectivity index (χ3n) is 1.89. The Morgan fingerprint density at radius 1 is 1.00 bits per heavy atom. The number of nitrogens with one attached hydrogen (secondary N) is 2. The Kier molecular flexibility index (Phi) is 1.80. The summed E-state index contributed by atoms with van der Waals surface area (Å²) in [6.45, 7) is 0. The van der Waals surface area contributed by atoms with E-state index in [2.05, 4.69) is 20.8 Å². The molecule has 0 bridgehead atoms. The second-order valence-electron chi connectivity index (χ2n) is 2.88. The van der Waals surface area contributed by atoms with Gasteiger partial charge in [-0.15, -0.1) is 5.10 Å². The molecule has 0 unspecified atom stereocenters. The number of guanidine groups is 1. The van der Waals surface area contributed by atoms with Crippen LogP contribution in [0.15, 0.2) is 10.2 Å². The minimum absolute atomic E-state index is 0.120. The third kappa shape index (κ3) is 1.56. The summed E-state index contributed by atoms with van der Waals surface area (Å²) >= 11 is 0. The predicted octanol–water partition coefficient (Wildman–Crippen LogP) is -0.872. The van der Waals surface area contributed by atoms with Crippen LogP contribution in [0.4, 0.5) is 0 Å². The van der Waals surface area contributed by atoms with E-state index in [1.54, 1.807) is 0 Å². The summed E-state index contributed by atoms with van der Waals surface area (Å²) in [7, 11) is 0. The normalized spacial score (nSPS) is 20.6. The SMILES string of the molecule is O=C1NC(=NN=C2CCC2)NC1=O. The van der Waals surface area contributed by atoms with Crippen LogP contribution in [0.2, 0.25) is 0 Å². The monoisotopic (exact) mass is 180 g/mol. The van der Waals surface area contributed by atoms with Crippen molar-refractivity contribution in [1.82, 2.24) is 10.6 Å². The molecule has 6 heteroatoms. The highest BCUT2D eigenvalue weighted by molar-refractivity contribution is 6.45. The van der Waals surface area contributed by atoms with Crippen molar-refractivity contribution in [3.8, 4) is 0 Å². The molecule has 2 rings (SSSR count). The first-order valence-corrected chi connectivity index (χ1v) is 4.01. The van der Waals surface area contributed by atoms with Crippen LogP contribution in [0.3, 0.4) is 0 Å². The van der Waals surface area contributed by atoms with Gasteiger partial charge >= 0.3 is 11.8 Å². The summed E-state index contributed by atoms with van der Waals surface area (Å²) in [6, 6.07) is 0. The Bertz CT molecular complexity index is 307. The summed E-state index contributed by atoms with van der Waals surface area (Å²) in [5.74, 6) is -1.26. The highest BCUT2D eigenvalue weighted by atomic mass is 16.2. The molecule has 0 atom stereocenters. The average molecular weight is 180 g/mol. The first kappa shape index (κ1) is 7.90. The Morgan fingerprint density at radius 3 is 2.08 bits per heavy atom. The van der Waals surface area contributed by atoms with E-state index in [1.165, 1.54) is 0 Å². The Labute approximate surface area is 74.1 Å². The molecule has 68 valence electrons. The van der Waals surface area contributed by atoms with Gasteiger partial charge in [-0.2, -0.15) is 5.10 Å². The van der Waals surface area contributed by atoms with Crippen molar-refractivity contribution in [2.45, 2.75) is 19.3 Å². The van der Waals surface area contributed by atoms with Crippen LogP contribution < -0.4 is 10.6 Å². The lowest BCUT2D eigenvalue weighted by Gasteiger charge is -2.11. The lowest BCUT2D eigenvalue weighted by atomic mass is 9.98. The zero-order valence-electron chi connectivity index (χ0n) is 6.83. The molecular weight excluding hydrogens is 172 g/mol. The number of carbonyl (C=O) groups is 2. The van der Waals surface area contributed by atoms with Gasteiger partial charge in [0, 0.05) is 5.71 Å². The molecule has 13 heavy (non-hydrogen) atoms. The van der Waals surface area contributed by atoms with Gasteiger partial charge in [-0.3, -0.25) is 20.2 Å². The zero-order chi connectivity index (χ0) is 9.26. The van der Waals surface area contributed by atoms with E-state index >= 15 is 0 Å². The van der Waals surface area contributed by atoms with Crippen LogP contribution >= 0.6 is 0 Å². The second kappa shape index (κ2) is 2.96. The molecule has 1 heterocycles. The molecule has 1 aliphatic heterocycles. The minimum atomic E-state index is -0.687. The number of rotatable bonds is 1. The van der Waals surface area contributed by atoms with Gasteiger partial charge in [0.1, 0.15) is 0 Å². The third-order valence-corrected chi connectivity index (χ3v) is 1.89. The first-order chi connectivity index (χ1) is 6.25. The highest BCUT2D eigenvalue weighted by Gasteiger charge is 2.25. The first-order valence-electron chi connectivity index (χ1n) is 4.01. The molecule has 2 aliphatic rings. The average Bonchev–Trinajstić information content (AvgIpc) is 2.28. The largest absolute Gasteiger partial charge is 0.316 e. The maximum Gasteiger partial charge on any atom is 0.316 e. The number of hydrogen-bond acceptors (Lipinski definition) is 4. The van der Waals surface area contributed by atoms with E-state index in [0.717, 1.165) is 25.0 Å². The number of nitrogens with zero attached hydrogens (tertiary/aromatic N) is 2. The smallest absolute Gasteiger partial charge is 0.286 e. The summed E-state index contributed by atoms with van der Waals surface area (Å²) in [5, 5.41) is 12.0. The predicted molar refractivity (Wildman–Crippen MR) is 45.0 cm³/mol. The van der Waals surface area contributed by atoms with E-state index in [4.69, 9.17) is 0 Å². The van der Waals surface area contributed by atoms with Gasteiger partial charge in [0.25, 0.3) is 0 Å². The molecule has 2 amide bonds. The molecule has 2 N–H and O–H groups in total. The maximum atomic E-state index is 10.7. The highest BCUT2D eigenvalue weighted by Crippen LogP contribution is 2.14. The van der Waals surface area contributed by atoms with Crippen LogP contribution in [-0.2, 0) is 9.59 Å². The lowest BCUT2D eigenvalue weighted by molar-refractivity contribution is -0.135. The number of hydrogen-bond donors (Lipinski definition) is 2. The van der Waals surface area contributed by atoms with Crippen LogP contribution in [0, 0.1) is 0 Å². The summed E-state index contributed by atoms with van der Waals surface area (Å²) in [5.41, 5.74) is 1.00. The summed E-state index contributed by atoms with van der Waals surface area (Å²) < 4.78 is 0. The van der Waals surface area contributed by atoms with E-state index < -0.39 is 11.8 Å². The Morgan fingerprint density at radius 2 is 1.62 bits per heavy atom. The molecular formula is C7H8N4O2. The van der Waals surface area contributed by atoms with Crippen molar-refractivity contribution < 1.29 is 9.59 Å². The van der Waals surface area contributed by atoms with Crippen LogP contribution in [0.5, 0.6) is 0 Å². The van der Waals surface area contributed by atoms with E-state index in [1.807, 2.05) is 0 Å². The molecule has 0 spiro atoms. The van der Waals surface area contributed by atoms with Crippen LogP contribution in [-0.4, -0.2) is 23.5 Å². The van der Waals surface area contributed by atoms with Gasteiger partial charge in [-0.05, 0) is 19.3 Å². The minimum Gasteiger partial charge on any atom is -0.286 e. The summed E-state index contributed by atoms with van der Waals surface area (Å²) in [6.07, 6.45) is 3.06. The van der Waals surface area contributed by atoms with E-state index in [0.29, 0.717) is 0 Å². The Hall–Kier alpha value is -1.72. The zero-order valence-corrected chi connectivity index (χ0v) is 6.83. The molecule has 1 saturated carbocycles. The topological polar surface area (TPSA) is 82.9 Å². The van der Waals surface area contributed by atoms with Crippen LogP contribution in [0.1, 0.15) is 19.3 Å². The molecule has 0 aromatic rings. The number of carbonyl (C=O) groups excluding carboxylic acids is 2. The summed E-state index contributed by atoms with van der Waals surface area (Å²) in [4.78, 5) is 21.3. The van der Waals surface area contributed by atoms with Gasteiger partial charge in [-0.25, -0.2) is 0 Å². The van der Waals surface area contributed by atoms with Crippen molar-refractivity contribution in [3.05, 3.63) is 0 Å².